The minimum absolute atomic E-state index is 0.210. The van der Waals surface area contributed by atoms with Crippen molar-refractivity contribution < 1.29 is 24.2 Å². The van der Waals surface area contributed by atoms with Crippen LogP contribution in [0.15, 0.2) is 30.4 Å². The van der Waals surface area contributed by atoms with E-state index >= 15 is 0 Å². The summed E-state index contributed by atoms with van der Waals surface area (Å²) in [6.45, 7) is 7.88. The molecule has 1 aromatic heterocycles. The topological polar surface area (TPSA) is 92.7 Å². The van der Waals surface area contributed by atoms with Gasteiger partial charge in [-0.05, 0) is 57.2 Å². The van der Waals surface area contributed by atoms with E-state index < -0.39 is 29.7 Å². The lowest BCUT2D eigenvalue weighted by Crippen LogP contribution is -2.34. The van der Waals surface area contributed by atoms with E-state index in [-0.39, 0.29) is 6.61 Å². The molecule has 7 heteroatoms. The Morgan fingerprint density at radius 1 is 1.10 bits per heavy atom. The zero-order chi connectivity index (χ0) is 22.7. The summed E-state index contributed by atoms with van der Waals surface area (Å²) in [5, 5.41) is 12.7. The van der Waals surface area contributed by atoms with Crippen LogP contribution in [0.3, 0.4) is 0 Å². The third kappa shape index (κ3) is 4.71. The van der Waals surface area contributed by atoms with Crippen molar-refractivity contribution in [3.8, 4) is 11.1 Å². The Morgan fingerprint density at radius 3 is 2.39 bits per heavy atom. The highest BCUT2D eigenvalue weighted by Crippen LogP contribution is 2.41. The Morgan fingerprint density at radius 2 is 1.77 bits per heavy atom. The quantitative estimate of drug-likeness (QED) is 0.479. The van der Waals surface area contributed by atoms with E-state index in [0.717, 1.165) is 27.1 Å². The molecule has 31 heavy (non-hydrogen) atoms. The number of nitrogens with one attached hydrogen (secondary N) is 1. The number of allylic oxidation sites excluding steroid dienone is 2. The first kappa shape index (κ1) is 22.7. The number of aliphatic carboxylic acids is 1. The smallest absolute Gasteiger partial charge is 0.341 e. The van der Waals surface area contributed by atoms with Crippen LogP contribution in [0.2, 0.25) is 0 Å². The number of carboxylic acids is 1. The van der Waals surface area contributed by atoms with Crippen molar-refractivity contribution in [2.75, 3.05) is 11.9 Å². The first-order chi connectivity index (χ1) is 14.7. The number of hydrogen-bond donors (Lipinski definition) is 2. The van der Waals surface area contributed by atoms with Gasteiger partial charge in [-0.3, -0.25) is 9.59 Å². The minimum Gasteiger partial charge on any atom is -0.481 e. The summed E-state index contributed by atoms with van der Waals surface area (Å²) < 4.78 is 5.30. The second-order valence-electron chi connectivity index (χ2n) is 7.74. The molecule has 0 bridgehead atoms. The number of rotatable bonds is 6. The number of benzene rings is 1. The molecule has 1 heterocycles. The summed E-state index contributed by atoms with van der Waals surface area (Å²) in [5.41, 5.74) is 4.18. The highest BCUT2D eigenvalue weighted by molar-refractivity contribution is 7.17. The van der Waals surface area contributed by atoms with Crippen molar-refractivity contribution in [1.29, 1.82) is 0 Å². The van der Waals surface area contributed by atoms with Crippen molar-refractivity contribution in [3.63, 3.8) is 0 Å². The van der Waals surface area contributed by atoms with E-state index in [1.165, 1.54) is 11.3 Å². The SMILES string of the molecule is CCOC(=O)c1c(NC(=O)[C@@H]2CC=CC[C@H]2C(=O)O)sc(C)c1-c1ccc(C)c(C)c1. The number of carbonyl (C=O) groups is 3. The van der Waals surface area contributed by atoms with Gasteiger partial charge in [0, 0.05) is 10.4 Å². The summed E-state index contributed by atoms with van der Waals surface area (Å²) in [7, 11) is 0. The van der Waals surface area contributed by atoms with Crippen LogP contribution < -0.4 is 5.32 Å². The molecule has 0 radical (unpaired) electrons. The summed E-state index contributed by atoms with van der Waals surface area (Å²) in [5.74, 6) is -3.36. The lowest BCUT2D eigenvalue weighted by molar-refractivity contribution is -0.146. The van der Waals surface area contributed by atoms with Gasteiger partial charge >= 0.3 is 11.9 Å². The van der Waals surface area contributed by atoms with E-state index in [0.29, 0.717) is 23.4 Å². The Balaban J connectivity index is 2.03. The fraction of sp³-hybridized carbons (Fsp3) is 0.375. The van der Waals surface area contributed by atoms with Gasteiger partial charge in [0.15, 0.2) is 0 Å². The van der Waals surface area contributed by atoms with Crippen LogP contribution in [0.25, 0.3) is 11.1 Å². The molecule has 6 nitrogen and oxygen atoms in total. The average molecular weight is 442 g/mol. The number of hydrogen-bond acceptors (Lipinski definition) is 5. The van der Waals surface area contributed by atoms with Gasteiger partial charge in [-0.25, -0.2) is 4.79 Å². The highest BCUT2D eigenvalue weighted by atomic mass is 32.1. The first-order valence-corrected chi connectivity index (χ1v) is 11.1. The molecule has 1 amide bonds. The minimum atomic E-state index is -0.992. The number of ether oxygens (including phenoxy) is 1. The van der Waals surface area contributed by atoms with E-state index in [4.69, 9.17) is 4.74 Å². The molecule has 2 aromatic rings. The number of anilines is 1. The maximum Gasteiger partial charge on any atom is 0.341 e. The summed E-state index contributed by atoms with van der Waals surface area (Å²) in [6.07, 6.45) is 4.29. The Hall–Kier alpha value is -2.93. The molecule has 1 aliphatic carbocycles. The van der Waals surface area contributed by atoms with Crippen molar-refractivity contribution in [1.82, 2.24) is 0 Å². The standard InChI is InChI=1S/C24H27NO5S/c1-5-30-24(29)20-19(16-11-10-13(2)14(3)12-16)15(4)31-22(20)25-21(26)17-8-6-7-9-18(17)23(27)28/h6-7,10-12,17-18H,5,8-9H2,1-4H3,(H,25,26)(H,27,28)/t17-,18-/m1/s1. The van der Waals surface area contributed by atoms with Crippen LogP contribution in [-0.4, -0.2) is 29.6 Å². The van der Waals surface area contributed by atoms with Gasteiger partial charge < -0.3 is 15.2 Å². The largest absolute Gasteiger partial charge is 0.481 e. The van der Waals surface area contributed by atoms with Crippen LogP contribution in [0.4, 0.5) is 5.00 Å². The molecular formula is C24H27NO5S. The second-order valence-corrected chi connectivity index (χ2v) is 8.96. The van der Waals surface area contributed by atoms with Gasteiger partial charge in [-0.2, -0.15) is 0 Å². The molecule has 0 unspecified atom stereocenters. The monoisotopic (exact) mass is 441 g/mol. The molecule has 2 atom stereocenters. The summed E-state index contributed by atoms with van der Waals surface area (Å²) in [4.78, 5) is 38.4. The van der Waals surface area contributed by atoms with Crippen LogP contribution in [0.1, 0.15) is 46.1 Å². The zero-order valence-electron chi connectivity index (χ0n) is 18.2. The first-order valence-electron chi connectivity index (χ1n) is 10.3. The normalized spacial score (nSPS) is 17.9. The summed E-state index contributed by atoms with van der Waals surface area (Å²) in [6, 6.07) is 5.98. The number of carboxylic acid groups (broad SMARTS) is 1. The maximum atomic E-state index is 13.0. The lowest BCUT2D eigenvalue weighted by Gasteiger charge is -2.24. The molecule has 1 aliphatic rings. The predicted molar refractivity (Wildman–Crippen MR) is 122 cm³/mol. The third-order valence-corrected chi connectivity index (χ3v) is 6.70. The maximum absolute atomic E-state index is 13.0. The molecular weight excluding hydrogens is 414 g/mol. The van der Waals surface area contributed by atoms with Crippen LogP contribution in [0, 0.1) is 32.6 Å². The molecule has 0 saturated heterocycles. The molecule has 0 spiro atoms. The van der Waals surface area contributed by atoms with E-state index in [2.05, 4.69) is 5.32 Å². The van der Waals surface area contributed by atoms with Crippen LogP contribution in [0.5, 0.6) is 0 Å². The van der Waals surface area contributed by atoms with Crippen molar-refractivity contribution in [3.05, 3.63) is 51.9 Å². The highest BCUT2D eigenvalue weighted by Gasteiger charge is 2.35. The van der Waals surface area contributed by atoms with Gasteiger partial charge in [0.2, 0.25) is 5.91 Å². The fourth-order valence-corrected chi connectivity index (χ4v) is 4.92. The van der Waals surface area contributed by atoms with Gasteiger partial charge in [0.05, 0.1) is 18.4 Å². The van der Waals surface area contributed by atoms with Crippen molar-refractivity contribution in [2.45, 2.75) is 40.5 Å². The van der Waals surface area contributed by atoms with Gasteiger partial charge in [-0.15, -0.1) is 11.3 Å². The summed E-state index contributed by atoms with van der Waals surface area (Å²) >= 11 is 1.30. The fourth-order valence-electron chi connectivity index (χ4n) is 3.86. The molecule has 0 fully saturated rings. The molecule has 3 rings (SSSR count). The number of amides is 1. The zero-order valence-corrected chi connectivity index (χ0v) is 19.0. The van der Waals surface area contributed by atoms with Crippen molar-refractivity contribution >= 4 is 34.2 Å². The second kappa shape index (κ2) is 9.47. The van der Waals surface area contributed by atoms with Gasteiger partial charge in [0.25, 0.3) is 0 Å². The molecule has 1 aromatic carbocycles. The Kier molecular flexibility index (Phi) is 6.95. The van der Waals surface area contributed by atoms with Crippen molar-refractivity contribution in [2.24, 2.45) is 11.8 Å². The van der Waals surface area contributed by atoms with E-state index in [1.807, 2.05) is 45.0 Å². The molecule has 164 valence electrons. The number of thiophene rings is 1. The number of esters is 1. The Bertz CT molecular complexity index is 1050. The number of aryl methyl sites for hydroxylation is 3. The van der Waals surface area contributed by atoms with Gasteiger partial charge in [-0.1, -0.05) is 30.4 Å². The lowest BCUT2D eigenvalue weighted by atomic mass is 9.82. The third-order valence-electron chi connectivity index (χ3n) is 5.68. The van der Waals surface area contributed by atoms with Crippen LogP contribution in [-0.2, 0) is 14.3 Å². The molecule has 0 saturated carbocycles. The Labute approximate surface area is 185 Å². The van der Waals surface area contributed by atoms with Gasteiger partial charge in [0.1, 0.15) is 10.6 Å². The average Bonchev–Trinajstić information content (AvgIpc) is 3.05. The predicted octanol–water partition coefficient (Wildman–Crippen LogP) is 5.12. The molecule has 0 aliphatic heterocycles. The van der Waals surface area contributed by atoms with E-state index in [9.17, 15) is 19.5 Å². The molecule has 2 N–H and O–H groups in total. The van der Waals surface area contributed by atoms with Crippen LogP contribution >= 0.6 is 11.3 Å². The number of carbonyl (C=O) groups excluding carboxylic acids is 2. The van der Waals surface area contributed by atoms with E-state index in [1.54, 1.807) is 13.0 Å².